The molecule has 2 N–H and O–H groups in total. The maximum atomic E-state index is 9.74. The summed E-state index contributed by atoms with van der Waals surface area (Å²) in [5, 5.41) is 19.0. The number of aliphatic hydroxyl groups excluding tert-OH is 1. The van der Waals surface area contributed by atoms with Gasteiger partial charge in [-0.15, -0.1) is 0 Å². The van der Waals surface area contributed by atoms with Crippen molar-refractivity contribution in [2.75, 3.05) is 13.2 Å². The molecule has 3 nitrogen and oxygen atoms in total. The zero-order valence-electron chi connectivity index (χ0n) is 9.06. The molecular weight excluding hydrogens is 270 g/mol. The smallest absolute Gasteiger partial charge is 0.120 e. The van der Waals surface area contributed by atoms with E-state index in [1.165, 1.54) is 0 Å². The molecule has 0 spiro atoms. The molecule has 4 heteroatoms. The minimum atomic E-state index is 0.203. The number of benzene rings is 1. The van der Waals surface area contributed by atoms with Crippen LogP contribution in [0.1, 0.15) is 18.4 Å². The largest absolute Gasteiger partial charge is 0.508 e. The summed E-state index contributed by atoms with van der Waals surface area (Å²) in [4.78, 5) is 2.22. The quantitative estimate of drug-likeness (QED) is 0.894. The number of hydrogen-bond acceptors (Lipinski definition) is 3. The Hall–Kier alpha value is -0.580. The molecule has 1 unspecified atom stereocenters. The van der Waals surface area contributed by atoms with E-state index in [-0.39, 0.29) is 12.6 Å². The van der Waals surface area contributed by atoms with Crippen LogP contribution in [0.3, 0.4) is 0 Å². The average molecular weight is 286 g/mol. The van der Waals surface area contributed by atoms with Gasteiger partial charge in [-0.25, -0.2) is 0 Å². The van der Waals surface area contributed by atoms with Gasteiger partial charge in [-0.05, 0) is 37.6 Å². The van der Waals surface area contributed by atoms with Crippen molar-refractivity contribution in [2.24, 2.45) is 0 Å². The Morgan fingerprint density at radius 2 is 2.25 bits per heavy atom. The Kier molecular flexibility index (Phi) is 3.84. The standard InChI is InChI=1S/C12H16BrNO2/c13-10-3-4-12(16)9(6-10)7-14-5-1-2-11(14)8-15/h3-4,6,11,15-16H,1-2,5,7-8H2. The first-order valence-electron chi connectivity index (χ1n) is 5.53. The van der Waals surface area contributed by atoms with Crippen LogP contribution < -0.4 is 0 Å². The molecule has 1 heterocycles. The van der Waals surface area contributed by atoms with Crippen LogP contribution in [0.2, 0.25) is 0 Å². The molecule has 0 radical (unpaired) electrons. The van der Waals surface area contributed by atoms with E-state index in [2.05, 4.69) is 20.8 Å². The first-order valence-corrected chi connectivity index (χ1v) is 6.32. The number of halogens is 1. The van der Waals surface area contributed by atoms with Crippen LogP contribution in [-0.2, 0) is 6.54 Å². The lowest BCUT2D eigenvalue weighted by Gasteiger charge is -2.23. The van der Waals surface area contributed by atoms with Gasteiger partial charge >= 0.3 is 0 Å². The summed E-state index contributed by atoms with van der Waals surface area (Å²) in [6.45, 7) is 1.91. The molecule has 1 atom stereocenters. The van der Waals surface area contributed by atoms with Gasteiger partial charge < -0.3 is 10.2 Å². The van der Waals surface area contributed by atoms with Gasteiger partial charge in [-0.1, -0.05) is 15.9 Å². The highest BCUT2D eigenvalue weighted by atomic mass is 79.9. The zero-order chi connectivity index (χ0) is 11.5. The molecule has 0 amide bonds. The topological polar surface area (TPSA) is 43.7 Å². The molecule has 2 rings (SSSR count). The SMILES string of the molecule is OCC1CCCN1Cc1cc(Br)ccc1O. The molecule has 0 aromatic heterocycles. The van der Waals surface area contributed by atoms with Crippen LogP contribution in [0.25, 0.3) is 0 Å². The Bertz CT molecular complexity index is 370. The van der Waals surface area contributed by atoms with Gasteiger partial charge in [0.15, 0.2) is 0 Å². The highest BCUT2D eigenvalue weighted by molar-refractivity contribution is 9.10. The minimum absolute atomic E-state index is 0.203. The lowest BCUT2D eigenvalue weighted by atomic mass is 10.1. The van der Waals surface area contributed by atoms with Crippen LogP contribution in [0.15, 0.2) is 22.7 Å². The molecule has 0 aliphatic carbocycles. The van der Waals surface area contributed by atoms with E-state index in [9.17, 15) is 10.2 Å². The number of phenolic OH excluding ortho intramolecular Hbond substituents is 1. The Morgan fingerprint density at radius 1 is 1.44 bits per heavy atom. The molecule has 1 aliphatic rings. The number of rotatable bonds is 3. The second-order valence-electron chi connectivity index (χ2n) is 4.22. The summed E-state index contributed by atoms with van der Waals surface area (Å²) in [5.74, 6) is 0.326. The number of phenols is 1. The maximum Gasteiger partial charge on any atom is 0.120 e. The van der Waals surface area contributed by atoms with E-state index < -0.39 is 0 Å². The Balaban J connectivity index is 2.11. The van der Waals surface area contributed by atoms with Gasteiger partial charge in [0, 0.05) is 22.6 Å². The van der Waals surface area contributed by atoms with Crippen molar-refractivity contribution in [2.45, 2.75) is 25.4 Å². The summed E-state index contributed by atoms with van der Waals surface area (Å²) in [5.41, 5.74) is 0.912. The fourth-order valence-electron chi connectivity index (χ4n) is 2.21. The molecular formula is C12H16BrNO2. The molecule has 1 aliphatic heterocycles. The second kappa shape index (κ2) is 5.17. The number of hydrogen-bond donors (Lipinski definition) is 2. The molecule has 1 fully saturated rings. The minimum Gasteiger partial charge on any atom is -0.508 e. The van der Waals surface area contributed by atoms with E-state index in [0.717, 1.165) is 29.4 Å². The van der Waals surface area contributed by atoms with Crippen molar-refractivity contribution in [1.29, 1.82) is 0 Å². The van der Waals surface area contributed by atoms with E-state index >= 15 is 0 Å². The zero-order valence-corrected chi connectivity index (χ0v) is 10.7. The molecule has 16 heavy (non-hydrogen) atoms. The van der Waals surface area contributed by atoms with Gasteiger partial charge in [0.25, 0.3) is 0 Å². The first-order chi connectivity index (χ1) is 7.70. The summed E-state index contributed by atoms with van der Waals surface area (Å²) < 4.78 is 0.972. The molecule has 1 saturated heterocycles. The third kappa shape index (κ3) is 2.56. The molecule has 0 saturated carbocycles. The fraction of sp³-hybridized carbons (Fsp3) is 0.500. The predicted octanol–water partition coefficient (Wildman–Crippen LogP) is 2.11. The number of likely N-dealkylation sites (tertiary alicyclic amines) is 1. The van der Waals surface area contributed by atoms with E-state index in [0.29, 0.717) is 12.3 Å². The van der Waals surface area contributed by atoms with Crippen molar-refractivity contribution in [3.8, 4) is 5.75 Å². The van der Waals surface area contributed by atoms with Crippen molar-refractivity contribution in [3.63, 3.8) is 0 Å². The maximum absolute atomic E-state index is 9.74. The predicted molar refractivity (Wildman–Crippen MR) is 66.3 cm³/mol. The van der Waals surface area contributed by atoms with Crippen molar-refractivity contribution in [3.05, 3.63) is 28.2 Å². The molecule has 1 aromatic carbocycles. The lowest BCUT2D eigenvalue weighted by molar-refractivity contribution is 0.152. The first kappa shape index (κ1) is 11.9. The average Bonchev–Trinajstić information content (AvgIpc) is 2.71. The van der Waals surface area contributed by atoms with Gasteiger partial charge in [0.2, 0.25) is 0 Å². The summed E-state index contributed by atoms with van der Waals surface area (Å²) in [7, 11) is 0. The van der Waals surface area contributed by atoms with Gasteiger partial charge in [0.05, 0.1) is 6.61 Å². The lowest BCUT2D eigenvalue weighted by Crippen LogP contribution is -2.31. The molecule has 88 valence electrons. The highest BCUT2D eigenvalue weighted by Crippen LogP contribution is 2.26. The summed E-state index contributed by atoms with van der Waals surface area (Å²) in [6, 6.07) is 5.70. The Morgan fingerprint density at radius 3 is 3.00 bits per heavy atom. The van der Waals surface area contributed by atoms with E-state index in [1.54, 1.807) is 6.07 Å². The summed E-state index contributed by atoms with van der Waals surface area (Å²) >= 11 is 3.40. The van der Waals surface area contributed by atoms with Crippen molar-refractivity contribution >= 4 is 15.9 Å². The van der Waals surface area contributed by atoms with E-state index in [1.807, 2.05) is 12.1 Å². The highest BCUT2D eigenvalue weighted by Gasteiger charge is 2.24. The van der Waals surface area contributed by atoms with Crippen LogP contribution in [0.4, 0.5) is 0 Å². The van der Waals surface area contributed by atoms with Gasteiger partial charge in [0.1, 0.15) is 5.75 Å². The van der Waals surface area contributed by atoms with Crippen molar-refractivity contribution in [1.82, 2.24) is 4.90 Å². The van der Waals surface area contributed by atoms with Gasteiger partial charge in [-0.2, -0.15) is 0 Å². The normalized spacial score (nSPS) is 21.5. The third-order valence-corrected chi connectivity index (χ3v) is 3.62. The second-order valence-corrected chi connectivity index (χ2v) is 5.14. The third-order valence-electron chi connectivity index (χ3n) is 3.12. The van der Waals surface area contributed by atoms with Crippen LogP contribution in [-0.4, -0.2) is 34.3 Å². The fourth-order valence-corrected chi connectivity index (χ4v) is 2.62. The van der Waals surface area contributed by atoms with Crippen LogP contribution in [0, 0.1) is 0 Å². The van der Waals surface area contributed by atoms with Crippen LogP contribution >= 0.6 is 15.9 Å². The number of nitrogens with zero attached hydrogens (tertiary/aromatic N) is 1. The number of aromatic hydroxyl groups is 1. The van der Waals surface area contributed by atoms with E-state index in [4.69, 9.17) is 0 Å². The molecule has 1 aromatic rings. The van der Waals surface area contributed by atoms with Crippen molar-refractivity contribution < 1.29 is 10.2 Å². The van der Waals surface area contributed by atoms with Crippen LogP contribution in [0.5, 0.6) is 5.75 Å². The Labute approximate surface area is 104 Å². The monoisotopic (exact) mass is 285 g/mol. The van der Waals surface area contributed by atoms with Gasteiger partial charge in [-0.3, -0.25) is 4.90 Å². The summed E-state index contributed by atoms with van der Waals surface area (Å²) in [6.07, 6.45) is 2.17. The molecule has 0 bridgehead atoms. The number of aliphatic hydroxyl groups is 1.